The van der Waals surface area contributed by atoms with Gasteiger partial charge in [0.05, 0.1) is 10.7 Å². The van der Waals surface area contributed by atoms with E-state index in [1.54, 1.807) is 71.0 Å². The molecule has 7 nitrogen and oxygen atoms in total. The molecule has 8 heteroatoms. The maximum atomic E-state index is 13.5. The fraction of sp³-hybridized carbons (Fsp3) is 0.400. The SMILES string of the molecule is CCN(C(=O)C(C)NC(=O)OC(C)(C)C)C(C(=O)Nc1c(C)cccc1Cl)c1ccccc1. The lowest BCUT2D eigenvalue weighted by Gasteiger charge is -2.33. The molecule has 0 spiro atoms. The van der Waals surface area contributed by atoms with E-state index in [0.29, 0.717) is 16.3 Å². The molecule has 0 aliphatic heterocycles. The van der Waals surface area contributed by atoms with Crippen LogP contribution in [0.3, 0.4) is 0 Å². The normalized spacial score (nSPS) is 12.9. The van der Waals surface area contributed by atoms with E-state index in [1.165, 1.54) is 4.90 Å². The van der Waals surface area contributed by atoms with Crippen molar-refractivity contribution in [3.63, 3.8) is 0 Å². The van der Waals surface area contributed by atoms with Gasteiger partial charge < -0.3 is 20.3 Å². The molecule has 0 fully saturated rings. The summed E-state index contributed by atoms with van der Waals surface area (Å²) in [6, 6.07) is 12.5. The summed E-state index contributed by atoms with van der Waals surface area (Å²) >= 11 is 6.30. The first kappa shape index (κ1) is 26.2. The second-order valence-corrected chi connectivity index (χ2v) is 9.13. The zero-order valence-corrected chi connectivity index (χ0v) is 20.7. The van der Waals surface area contributed by atoms with E-state index in [0.717, 1.165) is 5.56 Å². The minimum atomic E-state index is -0.928. The number of benzene rings is 2. The van der Waals surface area contributed by atoms with Crippen LogP contribution >= 0.6 is 11.6 Å². The molecule has 0 aliphatic carbocycles. The van der Waals surface area contributed by atoms with Crippen LogP contribution in [0.2, 0.25) is 5.02 Å². The van der Waals surface area contributed by atoms with Crippen LogP contribution in [0.5, 0.6) is 0 Å². The first-order chi connectivity index (χ1) is 15.4. The number of nitrogens with zero attached hydrogens (tertiary/aromatic N) is 1. The number of alkyl carbamates (subject to hydrolysis) is 1. The second kappa shape index (κ2) is 11.2. The van der Waals surface area contributed by atoms with Crippen molar-refractivity contribution < 1.29 is 19.1 Å². The molecule has 0 aliphatic rings. The van der Waals surface area contributed by atoms with Crippen molar-refractivity contribution in [2.45, 2.75) is 59.2 Å². The highest BCUT2D eigenvalue weighted by Crippen LogP contribution is 2.29. The van der Waals surface area contributed by atoms with Gasteiger partial charge in [-0.2, -0.15) is 0 Å². The van der Waals surface area contributed by atoms with E-state index >= 15 is 0 Å². The summed E-state index contributed by atoms with van der Waals surface area (Å²) in [6.07, 6.45) is -0.702. The molecule has 0 aromatic heterocycles. The van der Waals surface area contributed by atoms with E-state index in [-0.39, 0.29) is 6.54 Å². The summed E-state index contributed by atoms with van der Waals surface area (Å²) in [7, 11) is 0. The third-order valence-electron chi connectivity index (χ3n) is 4.87. The molecule has 3 amide bonds. The van der Waals surface area contributed by atoms with Crippen LogP contribution in [-0.4, -0.2) is 41.0 Å². The zero-order chi connectivity index (χ0) is 24.8. The number of rotatable bonds is 7. The third-order valence-corrected chi connectivity index (χ3v) is 5.19. The maximum absolute atomic E-state index is 13.5. The van der Waals surface area contributed by atoms with Crippen LogP contribution in [-0.2, 0) is 14.3 Å². The second-order valence-electron chi connectivity index (χ2n) is 8.73. The zero-order valence-electron chi connectivity index (χ0n) is 19.9. The van der Waals surface area contributed by atoms with Gasteiger partial charge in [0.2, 0.25) is 5.91 Å². The predicted molar refractivity (Wildman–Crippen MR) is 130 cm³/mol. The van der Waals surface area contributed by atoms with Crippen LogP contribution in [0.25, 0.3) is 0 Å². The van der Waals surface area contributed by atoms with Gasteiger partial charge in [-0.05, 0) is 58.7 Å². The highest BCUT2D eigenvalue weighted by molar-refractivity contribution is 6.34. The summed E-state index contributed by atoms with van der Waals surface area (Å²) < 4.78 is 5.26. The lowest BCUT2D eigenvalue weighted by molar-refractivity contribution is -0.140. The number of anilines is 1. The summed E-state index contributed by atoms with van der Waals surface area (Å²) in [5.41, 5.74) is 1.24. The number of amides is 3. The van der Waals surface area contributed by atoms with Gasteiger partial charge in [0.1, 0.15) is 17.7 Å². The number of carbonyl (C=O) groups is 3. The van der Waals surface area contributed by atoms with E-state index in [2.05, 4.69) is 10.6 Å². The Kier molecular flexibility index (Phi) is 8.88. The number of nitrogens with one attached hydrogen (secondary N) is 2. The Hall–Kier alpha value is -3.06. The largest absolute Gasteiger partial charge is 0.444 e. The quantitative estimate of drug-likeness (QED) is 0.586. The summed E-state index contributed by atoms with van der Waals surface area (Å²) in [5, 5.41) is 5.85. The predicted octanol–water partition coefficient (Wildman–Crippen LogP) is 5.09. The van der Waals surface area contributed by atoms with E-state index in [9.17, 15) is 14.4 Å². The molecule has 0 saturated carbocycles. The number of hydrogen-bond acceptors (Lipinski definition) is 4. The minimum absolute atomic E-state index is 0.244. The van der Waals surface area contributed by atoms with E-state index in [4.69, 9.17) is 16.3 Å². The van der Waals surface area contributed by atoms with Crippen molar-refractivity contribution in [1.82, 2.24) is 10.2 Å². The van der Waals surface area contributed by atoms with Gasteiger partial charge in [0, 0.05) is 6.54 Å². The Morgan fingerprint density at radius 2 is 1.70 bits per heavy atom. The fourth-order valence-corrected chi connectivity index (χ4v) is 3.62. The van der Waals surface area contributed by atoms with Crippen molar-refractivity contribution in [2.24, 2.45) is 0 Å². The molecule has 2 N–H and O–H groups in total. The molecule has 2 aromatic rings. The summed E-state index contributed by atoms with van der Waals surface area (Å²) in [6.45, 7) is 10.6. The van der Waals surface area contributed by atoms with Crippen LogP contribution in [0, 0.1) is 6.92 Å². The number of carbonyl (C=O) groups excluding carboxylic acids is 3. The number of likely N-dealkylation sites (N-methyl/N-ethyl adjacent to an activating group) is 1. The average Bonchev–Trinajstić information content (AvgIpc) is 2.73. The first-order valence-corrected chi connectivity index (χ1v) is 11.2. The van der Waals surface area contributed by atoms with Gasteiger partial charge >= 0.3 is 6.09 Å². The van der Waals surface area contributed by atoms with E-state index < -0.39 is 35.6 Å². The van der Waals surface area contributed by atoms with Crippen LogP contribution < -0.4 is 10.6 Å². The Morgan fingerprint density at radius 3 is 2.24 bits per heavy atom. The molecular formula is C25H32ClN3O4. The van der Waals surface area contributed by atoms with E-state index in [1.807, 2.05) is 19.1 Å². The molecular weight excluding hydrogens is 442 g/mol. The van der Waals surface area contributed by atoms with Crippen LogP contribution in [0.1, 0.15) is 51.8 Å². The molecule has 2 unspecified atom stereocenters. The van der Waals surface area contributed by atoms with Crippen LogP contribution in [0.4, 0.5) is 10.5 Å². The maximum Gasteiger partial charge on any atom is 0.408 e. The number of para-hydroxylation sites is 1. The van der Waals surface area contributed by atoms with Gasteiger partial charge in [-0.1, -0.05) is 54.1 Å². The first-order valence-electron chi connectivity index (χ1n) is 10.9. The summed E-state index contributed by atoms with van der Waals surface area (Å²) in [5.74, 6) is -0.819. The van der Waals surface area contributed by atoms with Crippen molar-refractivity contribution in [1.29, 1.82) is 0 Å². The van der Waals surface area contributed by atoms with Gasteiger partial charge in [-0.3, -0.25) is 9.59 Å². The molecule has 2 rings (SSSR count). The van der Waals surface area contributed by atoms with Gasteiger partial charge in [-0.15, -0.1) is 0 Å². The van der Waals surface area contributed by atoms with Crippen molar-refractivity contribution in [2.75, 3.05) is 11.9 Å². The van der Waals surface area contributed by atoms with Crippen molar-refractivity contribution >= 4 is 35.2 Å². The number of halogens is 1. The van der Waals surface area contributed by atoms with Crippen molar-refractivity contribution in [3.8, 4) is 0 Å². The number of hydrogen-bond donors (Lipinski definition) is 2. The standard InChI is InChI=1S/C25H32ClN3O4/c1-7-29(23(31)17(3)27-24(32)33-25(4,5)6)21(18-13-9-8-10-14-18)22(30)28-20-16(2)12-11-15-19(20)26/h8-15,17,21H,7H2,1-6H3,(H,27,32)(H,28,30). The third kappa shape index (κ3) is 7.22. The molecule has 0 radical (unpaired) electrons. The highest BCUT2D eigenvalue weighted by atomic mass is 35.5. The molecule has 0 saturated heterocycles. The molecule has 2 atom stereocenters. The number of aryl methyl sites for hydroxylation is 1. The smallest absolute Gasteiger partial charge is 0.408 e. The van der Waals surface area contributed by atoms with Crippen LogP contribution in [0.15, 0.2) is 48.5 Å². The highest BCUT2D eigenvalue weighted by Gasteiger charge is 2.34. The topological polar surface area (TPSA) is 87.7 Å². The molecule has 33 heavy (non-hydrogen) atoms. The average molecular weight is 474 g/mol. The molecule has 0 heterocycles. The van der Waals surface area contributed by atoms with Gasteiger partial charge in [0.25, 0.3) is 5.91 Å². The van der Waals surface area contributed by atoms with Gasteiger partial charge in [-0.25, -0.2) is 4.79 Å². The Labute approximate surface area is 200 Å². The Bertz CT molecular complexity index is 969. The number of ether oxygens (including phenoxy) is 1. The fourth-order valence-electron chi connectivity index (χ4n) is 3.35. The lowest BCUT2D eigenvalue weighted by atomic mass is 10.0. The Balaban J connectivity index is 2.34. The molecule has 2 aromatic carbocycles. The molecule has 0 bridgehead atoms. The lowest BCUT2D eigenvalue weighted by Crippen LogP contribution is -2.51. The Morgan fingerprint density at radius 1 is 1.06 bits per heavy atom. The summed E-state index contributed by atoms with van der Waals surface area (Å²) in [4.78, 5) is 40.4. The molecule has 178 valence electrons. The minimum Gasteiger partial charge on any atom is -0.444 e. The van der Waals surface area contributed by atoms with Crippen molar-refractivity contribution in [3.05, 3.63) is 64.7 Å². The van der Waals surface area contributed by atoms with Gasteiger partial charge in [0.15, 0.2) is 0 Å². The monoisotopic (exact) mass is 473 g/mol.